The largest absolute Gasteiger partial charge is 0.457 e. The first kappa shape index (κ1) is 20.6. The summed E-state index contributed by atoms with van der Waals surface area (Å²) in [6.07, 6.45) is 2.00. The van der Waals surface area contributed by atoms with Gasteiger partial charge in [0.25, 0.3) is 0 Å². The van der Waals surface area contributed by atoms with E-state index in [0.717, 1.165) is 53.1 Å². The van der Waals surface area contributed by atoms with Gasteiger partial charge in [-0.2, -0.15) is 4.98 Å². The third kappa shape index (κ3) is 4.45. The van der Waals surface area contributed by atoms with Crippen LogP contribution in [0.2, 0.25) is 5.28 Å². The Morgan fingerprint density at radius 3 is 2.46 bits per heavy atom. The molecule has 0 aliphatic heterocycles. The van der Waals surface area contributed by atoms with Crippen LogP contribution in [0.15, 0.2) is 30.3 Å². The Morgan fingerprint density at radius 1 is 1.14 bits per heavy atom. The molecule has 0 N–H and O–H groups in total. The van der Waals surface area contributed by atoms with E-state index in [0.29, 0.717) is 4.88 Å². The average Bonchev–Trinajstić information content (AvgIpc) is 3.02. The molecule has 2 aromatic heterocycles. The lowest BCUT2D eigenvalue weighted by Crippen LogP contribution is -2.26. The van der Waals surface area contributed by atoms with Crippen LogP contribution in [-0.2, 0) is 11.3 Å². The molecule has 0 bridgehead atoms. The van der Waals surface area contributed by atoms with Gasteiger partial charge in [-0.3, -0.25) is 0 Å². The summed E-state index contributed by atoms with van der Waals surface area (Å²) < 4.78 is 5.53. The number of hydrogen-bond donors (Lipinski definition) is 0. The van der Waals surface area contributed by atoms with Gasteiger partial charge in [0.1, 0.15) is 22.1 Å². The second kappa shape index (κ2) is 9.34. The monoisotopic (exact) mass is 417 g/mol. The number of ether oxygens (including phenoxy) is 1. The first-order chi connectivity index (χ1) is 13.5. The molecule has 3 rings (SSSR count). The summed E-state index contributed by atoms with van der Waals surface area (Å²) >= 11 is 7.50. The number of thiophene rings is 1. The van der Waals surface area contributed by atoms with E-state index >= 15 is 0 Å². The maximum absolute atomic E-state index is 12.7. The third-order valence-corrected chi connectivity index (χ3v) is 5.76. The van der Waals surface area contributed by atoms with Crippen molar-refractivity contribution in [3.63, 3.8) is 0 Å². The molecule has 2 heterocycles. The molecule has 5 nitrogen and oxygen atoms in total. The Hall–Kier alpha value is -2.18. The quantitative estimate of drug-likeness (QED) is 0.351. The van der Waals surface area contributed by atoms with Crippen LogP contribution < -0.4 is 4.90 Å². The molecule has 28 heavy (non-hydrogen) atoms. The van der Waals surface area contributed by atoms with Crippen LogP contribution in [0.3, 0.4) is 0 Å². The number of aromatic nitrogens is 2. The number of benzene rings is 1. The zero-order valence-electron chi connectivity index (χ0n) is 16.4. The van der Waals surface area contributed by atoms with Gasteiger partial charge in [0, 0.05) is 13.1 Å². The maximum Gasteiger partial charge on any atom is 0.349 e. The fourth-order valence-electron chi connectivity index (χ4n) is 3.17. The van der Waals surface area contributed by atoms with Crippen LogP contribution in [0.25, 0.3) is 10.2 Å². The van der Waals surface area contributed by atoms with E-state index in [1.165, 1.54) is 11.3 Å². The van der Waals surface area contributed by atoms with Crippen molar-refractivity contribution in [2.24, 2.45) is 0 Å². The number of halogens is 1. The van der Waals surface area contributed by atoms with Crippen molar-refractivity contribution >= 4 is 44.9 Å². The number of carbonyl (C=O) groups excluding carboxylic acids is 1. The number of fused-ring (bicyclic) bond motifs is 1. The predicted molar refractivity (Wildman–Crippen MR) is 116 cm³/mol. The summed E-state index contributed by atoms with van der Waals surface area (Å²) in [5.41, 5.74) is 1.80. The highest BCUT2D eigenvalue weighted by molar-refractivity contribution is 7.20. The van der Waals surface area contributed by atoms with Crippen LogP contribution in [0.1, 0.15) is 47.5 Å². The van der Waals surface area contributed by atoms with E-state index in [1.807, 2.05) is 37.3 Å². The van der Waals surface area contributed by atoms with Crippen molar-refractivity contribution < 1.29 is 9.53 Å². The molecule has 0 amide bonds. The van der Waals surface area contributed by atoms with E-state index in [2.05, 4.69) is 28.7 Å². The molecule has 0 atom stereocenters. The van der Waals surface area contributed by atoms with Crippen molar-refractivity contribution in [1.29, 1.82) is 0 Å². The van der Waals surface area contributed by atoms with Gasteiger partial charge in [-0.05, 0) is 42.5 Å². The predicted octanol–water partition coefficient (Wildman–Crippen LogP) is 5.64. The molecule has 7 heteroatoms. The van der Waals surface area contributed by atoms with E-state index < -0.39 is 0 Å². The number of nitrogens with zero attached hydrogens (tertiary/aromatic N) is 3. The molecule has 3 aromatic rings. The zero-order valence-corrected chi connectivity index (χ0v) is 17.9. The molecule has 0 spiro atoms. The summed E-state index contributed by atoms with van der Waals surface area (Å²) in [5.74, 6) is 0.457. The first-order valence-electron chi connectivity index (χ1n) is 9.47. The Bertz CT molecular complexity index is 953. The van der Waals surface area contributed by atoms with Gasteiger partial charge >= 0.3 is 5.97 Å². The van der Waals surface area contributed by atoms with Gasteiger partial charge in [0.2, 0.25) is 5.28 Å². The lowest BCUT2D eigenvalue weighted by atomic mass is 10.2. The Labute approximate surface area is 174 Å². The van der Waals surface area contributed by atoms with E-state index in [9.17, 15) is 4.79 Å². The lowest BCUT2D eigenvalue weighted by Gasteiger charge is -2.23. The Kier molecular flexibility index (Phi) is 6.86. The van der Waals surface area contributed by atoms with Gasteiger partial charge in [-0.1, -0.05) is 44.2 Å². The fraction of sp³-hybridized carbons (Fsp3) is 0.381. The highest BCUT2D eigenvalue weighted by atomic mass is 35.5. The minimum absolute atomic E-state index is 0.199. The maximum atomic E-state index is 12.7. The number of carbonyl (C=O) groups is 1. The number of aryl methyl sites for hydroxylation is 1. The summed E-state index contributed by atoms with van der Waals surface area (Å²) in [4.78, 5) is 25.1. The zero-order chi connectivity index (χ0) is 20.1. The number of esters is 1. The fourth-order valence-corrected chi connectivity index (χ4v) is 4.45. The van der Waals surface area contributed by atoms with Crippen LogP contribution in [0.4, 0.5) is 5.82 Å². The molecule has 0 aliphatic rings. The van der Waals surface area contributed by atoms with E-state index in [1.54, 1.807) is 0 Å². The van der Waals surface area contributed by atoms with Gasteiger partial charge in [0.05, 0.1) is 5.39 Å². The molecule has 1 aromatic carbocycles. The standard InChI is InChI=1S/C21H24ClN3O2S/c1-4-11-25(12-5-2)18-16-14(3)17(28-19(16)24-21(22)23-18)20(26)27-13-15-9-7-6-8-10-15/h6-10H,4-5,11-13H2,1-3H3. The summed E-state index contributed by atoms with van der Waals surface area (Å²) in [7, 11) is 0. The van der Waals surface area contributed by atoms with Crippen LogP contribution in [-0.4, -0.2) is 29.0 Å². The highest BCUT2D eigenvalue weighted by Gasteiger charge is 2.23. The topological polar surface area (TPSA) is 55.3 Å². The normalized spacial score (nSPS) is 11.0. The molecule has 0 unspecified atom stereocenters. The molecular weight excluding hydrogens is 394 g/mol. The summed E-state index contributed by atoms with van der Waals surface area (Å²) in [6.45, 7) is 8.18. The smallest absolute Gasteiger partial charge is 0.349 e. The number of hydrogen-bond acceptors (Lipinski definition) is 6. The van der Waals surface area contributed by atoms with Crippen molar-refractivity contribution in [1.82, 2.24) is 9.97 Å². The second-order valence-electron chi connectivity index (χ2n) is 6.60. The summed E-state index contributed by atoms with van der Waals surface area (Å²) in [5, 5.41) is 1.09. The molecule has 0 fully saturated rings. The molecule has 0 aliphatic carbocycles. The average molecular weight is 418 g/mol. The van der Waals surface area contributed by atoms with Gasteiger partial charge in [-0.25, -0.2) is 9.78 Å². The van der Waals surface area contributed by atoms with Gasteiger partial charge < -0.3 is 9.64 Å². The van der Waals surface area contributed by atoms with E-state index in [-0.39, 0.29) is 17.9 Å². The van der Waals surface area contributed by atoms with Crippen molar-refractivity contribution in [3.8, 4) is 0 Å². The lowest BCUT2D eigenvalue weighted by molar-refractivity contribution is 0.0478. The molecule has 0 saturated carbocycles. The molecular formula is C21H24ClN3O2S. The number of anilines is 1. The van der Waals surface area contributed by atoms with E-state index in [4.69, 9.17) is 16.3 Å². The van der Waals surface area contributed by atoms with Crippen LogP contribution in [0.5, 0.6) is 0 Å². The van der Waals surface area contributed by atoms with Crippen LogP contribution in [0, 0.1) is 6.92 Å². The van der Waals surface area contributed by atoms with Gasteiger partial charge in [0.15, 0.2) is 0 Å². The highest BCUT2D eigenvalue weighted by Crippen LogP contribution is 2.36. The summed E-state index contributed by atoms with van der Waals surface area (Å²) in [6, 6.07) is 9.65. The molecule has 0 radical (unpaired) electrons. The minimum Gasteiger partial charge on any atom is -0.457 e. The SMILES string of the molecule is CCCN(CCC)c1nc(Cl)nc2sc(C(=O)OCc3ccccc3)c(C)c12. The van der Waals surface area contributed by atoms with Crippen molar-refractivity contribution in [3.05, 3.63) is 51.6 Å². The van der Waals surface area contributed by atoms with Gasteiger partial charge in [-0.15, -0.1) is 11.3 Å². The Morgan fingerprint density at radius 2 is 1.82 bits per heavy atom. The molecule has 148 valence electrons. The molecule has 0 saturated heterocycles. The first-order valence-corrected chi connectivity index (χ1v) is 10.7. The Balaban J connectivity index is 1.95. The van der Waals surface area contributed by atoms with Crippen molar-refractivity contribution in [2.45, 2.75) is 40.2 Å². The number of rotatable bonds is 8. The second-order valence-corrected chi connectivity index (χ2v) is 7.94. The third-order valence-electron chi connectivity index (χ3n) is 4.43. The van der Waals surface area contributed by atoms with Crippen molar-refractivity contribution in [2.75, 3.05) is 18.0 Å². The van der Waals surface area contributed by atoms with Crippen LogP contribution >= 0.6 is 22.9 Å². The minimum atomic E-state index is -0.344.